The number of carbonyl (C=O) groups is 1. The Labute approximate surface area is 149 Å². The molecule has 3 rings (SSSR count). The van der Waals surface area contributed by atoms with Crippen molar-refractivity contribution >= 4 is 5.97 Å². The Kier molecular flexibility index (Phi) is 5.12. The van der Waals surface area contributed by atoms with Crippen LogP contribution in [0, 0.1) is 0 Å². The molecule has 134 valence electrons. The minimum Gasteiger partial charge on any atom is -0.496 e. The summed E-state index contributed by atoms with van der Waals surface area (Å²) >= 11 is 0. The fourth-order valence-corrected chi connectivity index (χ4v) is 2.33. The maximum absolute atomic E-state index is 12.6. The minimum atomic E-state index is -0.755. The lowest BCUT2D eigenvalue weighted by molar-refractivity contribution is 0.0258. The van der Waals surface area contributed by atoms with Gasteiger partial charge in [0, 0.05) is 18.0 Å². The van der Waals surface area contributed by atoms with Crippen molar-refractivity contribution < 1.29 is 23.5 Å². The Hall–Kier alpha value is -3.42. The second kappa shape index (κ2) is 7.64. The van der Waals surface area contributed by atoms with Gasteiger partial charge in [0.05, 0.1) is 14.2 Å². The summed E-state index contributed by atoms with van der Waals surface area (Å²) in [7, 11) is 2.93. The predicted octanol–water partition coefficient (Wildman–Crippen LogP) is 3.07. The van der Waals surface area contributed by atoms with Crippen LogP contribution in [0.1, 0.15) is 29.3 Å². The van der Waals surface area contributed by atoms with Crippen LogP contribution >= 0.6 is 0 Å². The number of ether oxygens (including phenoxy) is 3. The van der Waals surface area contributed by atoms with E-state index in [2.05, 4.69) is 15.1 Å². The molecule has 0 amide bonds. The summed E-state index contributed by atoms with van der Waals surface area (Å²) in [4.78, 5) is 20.8. The standard InChI is InChI=1S/C18H17N3O5/c1-11(17-20-16(21-26-17)12-6-5-9-19-10-12)25-18(22)15-13(23-2)7-4-8-14(15)24-3/h4-11H,1-3H3/t11-/m1/s1. The number of hydrogen-bond donors (Lipinski definition) is 0. The second-order valence-corrected chi connectivity index (χ2v) is 5.28. The van der Waals surface area contributed by atoms with Gasteiger partial charge in [-0.15, -0.1) is 0 Å². The lowest BCUT2D eigenvalue weighted by Gasteiger charge is -2.14. The van der Waals surface area contributed by atoms with Crippen molar-refractivity contribution in [1.29, 1.82) is 0 Å². The highest BCUT2D eigenvalue weighted by Gasteiger charge is 2.25. The van der Waals surface area contributed by atoms with Gasteiger partial charge in [-0.1, -0.05) is 11.2 Å². The topological polar surface area (TPSA) is 96.6 Å². The van der Waals surface area contributed by atoms with Crippen molar-refractivity contribution in [3.05, 3.63) is 54.2 Å². The fourth-order valence-electron chi connectivity index (χ4n) is 2.33. The molecule has 0 aliphatic heterocycles. The van der Waals surface area contributed by atoms with Crippen LogP contribution in [0.5, 0.6) is 11.5 Å². The first-order chi connectivity index (χ1) is 12.6. The van der Waals surface area contributed by atoms with Gasteiger partial charge in [-0.3, -0.25) is 4.98 Å². The van der Waals surface area contributed by atoms with E-state index < -0.39 is 12.1 Å². The predicted molar refractivity (Wildman–Crippen MR) is 90.9 cm³/mol. The lowest BCUT2D eigenvalue weighted by Crippen LogP contribution is -2.12. The third-order valence-corrected chi connectivity index (χ3v) is 3.63. The first kappa shape index (κ1) is 17.4. The molecule has 2 heterocycles. The monoisotopic (exact) mass is 355 g/mol. The molecule has 1 atom stereocenters. The van der Waals surface area contributed by atoms with E-state index in [0.29, 0.717) is 22.9 Å². The Morgan fingerprint density at radius 1 is 1.12 bits per heavy atom. The van der Waals surface area contributed by atoms with E-state index in [0.717, 1.165) is 0 Å². The second-order valence-electron chi connectivity index (χ2n) is 5.28. The van der Waals surface area contributed by atoms with E-state index in [-0.39, 0.29) is 11.5 Å². The normalized spacial score (nSPS) is 11.7. The van der Waals surface area contributed by atoms with Gasteiger partial charge in [-0.2, -0.15) is 4.98 Å². The minimum absolute atomic E-state index is 0.172. The van der Waals surface area contributed by atoms with Crippen molar-refractivity contribution in [3.8, 4) is 22.9 Å². The van der Waals surface area contributed by atoms with E-state index in [1.165, 1.54) is 14.2 Å². The summed E-state index contributed by atoms with van der Waals surface area (Å²) in [5.74, 6) is 0.621. The van der Waals surface area contributed by atoms with Crippen molar-refractivity contribution in [2.75, 3.05) is 14.2 Å². The van der Waals surface area contributed by atoms with E-state index in [4.69, 9.17) is 18.7 Å². The van der Waals surface area contributed by atoms with Crippen molar-refractivity contribution in [1.82, 2.24) is 15.1 Å². The average Bonchev–Trinajstić information content (AvgIpc) is 3.18. The summed E-state index contributed by atoms with van der Waals surface area (Å²) in [6.07, 6.45) is 2.51. The van der Waals surface area contributed by atoms with E-state index in [1.54, 1.807) is 49.6 Å². The molecule has 0 saturated carbocycles. The van der Waals surface area contributed by atoms with E-state index in [1.807, 2.05) is 0 Å². The van der Waals surface area contributed by atoms with Crippen LogP contribution < -0.4 is 9.47 Å². The third kappa shape index (κ3) is 3.49. The van der Waals surface area contributed by atoms with Gasteiger partial charge in [0.1, 0.15) is 17.1 Å². The van der Waals surface area contributed by atoms with Crippen LogP contribution in [0.3, 0.4) is 0 Å². The van der Waals surface area contributed by atoms with Gasteiger partial charge in [-0.25, -0.2) is 4.79 Å². The van der Waals surface area contributed by atoms with Crippen LogP contribution in [-0.4, -0.2) is 35.3 Å². The Bertz CT molecular complexity index is 873. The molecule has 0 aliphatic rings. The van der Waals surface area contributed by atoms with Gasteiger partial charge >= 0.3 is 5.97 Å². The fraction of sp³-hybridized carbons (Fsp3) is 0.222. The van der Waals surface area contributed by atoms with Crippen LogP contribution in [0.2, 0.25) is 0 Å². The number of methoxy groups -OCH3 is 2. The molecule has 8 heteroatoms. The van der Waals surface area contributed by atoms with Gasteiger partial charge in [-0.05, 0) is 31.2 Å². The van der Waals surface area contributed by atoms with Crippen LogP contribution in [0.15, 0.2) is 47.2 Å². The molecule has 0 aliphatic carbocycles. The maximum atomic E-state index is 12.6. The number of aromatic nitrogens is 3. The quantitative estimate of drug-likeness (QED) is 0.622. The zero-order valence-electron chi connectivity index (χ0n) is 14.5. The number of benzene rings is 1. The number of carbonyl (C=O) groups excluding carboxylic acids is 1. The summed E-state index contributed by atoms with van der Waals surface area (Å²) in [5.41, 5.74) is 0.892. The highest BCUT2D eigenvalue weighted by molar-refractivity contribution is 5.95. The molecular weight excluding hydrogens is 338 g/mol. The van der Waals surface area contributed by atoms with Crippen LogP contribution in [0.25, 0.3) is 11.4 Å². The smallest absolute Gasteiger partial charge is 0.346 e. The van der Waals surface area contributed by atoms with Gasteiger partial charge < -0.3 is 18.7 Å². The summed E-state index contributed by atoms with van der Waals surface area (Å²) < 4.78 is 21.1. The van der Waals surface area contributed by atoms with Crippen LogP contribution in [-0.2, 0) is 4.74 Å². The lowest BCUT2D eigenvalue weighted by atomic mass is 10.1. The number of nitrogens with zero attached hydrogens (tertiary/aromatic N) is 3. The number of rotatable bonds is 6. The molecule has 8 nitrogen and oxygen atoms in total. The Morgan fingerprint density at radius 3 is 2.46 bits per heavy atom. The maximum Gasteiger partial charge on any atom is 0.346 e. The molecule has 0 spiro atoms. The molecule has 0 radical (unpaired) electrons. The first-order valence-corrected chi connectivity index (χ1v) is 7.80. The third-order valence-electron chi connectivity index (χ3n) is 3.63. The zero-order chi connectivity index (χ0) is 18.5. The highest BCUT2D eigenvalue weighted by atomic mass is 16.6. The summed E-state index contributed by atoms with van der Waals surface area (Å²) in [6, 6.07) is 8.59. The number of pyridine rings is 1. The Balaban J connectivity index is 1.80. The van der Waals surface area contributed by atoms with E-state index >= 15 is 0 Å². The molecule has 0 bridgehead atoms. The largest absolute Gasteiger partial charge is 0.496 e. The van der Waals surface area contributed by atoms with Crippen molar-refractivity contribution in [2.24, 2.45) is 0 Å². The summed E-state index contributed by atoms with van der Waals surface area (Å²) in [6.45, 7) is 1.64. The molecule has 0 fully saturated rings. The number of esters is 1. The van der Waals surface area contributed by atoms with Crippen molar-refractivity contribution in [3.63, 3.8) is 0 Å². The molecule has 26 heavy (non-hydrogen) atoms. The SMILES string of the molecule is COc1cccc(OC)c1C(=O)O[C@H](C)c1nc(-c2cccnc2)no1. The molecule has 0 saturated heterocycles. The number of hydrogen-bond acceptors (Lipinski definition) is 8. The first-order valence-electron chi connectivity index (χ1n) is 7.80. The molecule has 3 aromatic rings. The van der Waals surface area contributed by atoms with Gasteiger partial charge in [0.2, 0.25) is 5.82 Å². The van der Waals surface area contributed by atoms with Crippen LogP contribution in [0.4, 0.5) is 0 Å². The molecule has 0 N–H and O–H groups in total. The average molecular weight is 355 g/mol. The highest BCUT2D eigenvalue weighted by Crippen LogP contribution is 2.30. The molecule has 1 aromatic carbocycles. The Morgan fingerprint density at radius 2 is 1.85 bits per heavy atom. The molecular formula is C18H17N3O5. The summed E-state index contributed by atoms with van der Waals surface area (Å²) in [5, 5.41) is 3.89. The van der Waals surface area contributed by atoms with Crippen molar-refractivity contribution in [2.45, 2.75) is 13.0 Å². The van der Waals surface area contributed by atoms with Gasteiger partial charge in [0.15, 0.2) is 6.10 Å². The van der Waals surface area contributed by atoms with E-state index in [9.17, 15) is 4.79 Å². The van der Waals surface area contributed by atoms with Gasteiger partial charge in [0.25, 0.3) is 5.89 Å². The molecule has 0 unspecified atom stereocenters. The molecule has 2 aromatic heterocycles. The zero-order valence-corrected chi connectivity index (χ0v) is 14.5.